The molecule has 2 rings (SSSR count). The van der Waals surface area contributed by atoms with Crippen LogP contribution in [0.25, 0.3) is 0 Å². The van der Waals surface area contributed by atoms with Crippen molar-refractivity contribution >= 4 is 11.7 Å². The zero-order valence-corrected chi connectivity index (χ0v) is 12.2. The fourth-order valence-electron chi connectivity index (χ4n) is 2.02. The van der Waals surface area contributed by atoms with E-state index in [1.54, 1.807) is 18.2 Å². The van der Waals surface area contributed by atoms with E-state index in [4.69, 9.17) is 9.47 Å². The van der Waals surface area contributed by atoms with Crippen molar-refractivity contribution in [1.29, 1.82) is 0 Å². The summed E-state index contributed by atoms with van der Waals surface area (Å²) >= 11 is 0. The molecule has 0 radical (unpaired) electrons. The molecule has 1 unspecified atom stereocenters. The molecule has 0 spiro atoms. The van der Waals surface area contributed by atoms with Gasteiger partial charge >= 0.3 is 0 Å². The molecular formula is C15H18N2O4. The summed E-state index contributed by atoms with van der Waals surface area (Å²) in [6.45, 7) is 2.48. The smallest absolute Gasteiger partial charge is 0.267 e. The fourth-order valence-corrected chi connectivity index (χ4v) is 2.02. The topological polar surface area (TPSA) is 76.7 Å². The van der Waals surface area contributed by atoms with Gasteiger partial charge in [0.2, 0.25) is 0 Å². The maximum Gasteiger partial charge on any atom is 0.267 e. The Balaban J connectivity index is 2.22. The summed E-state index contributed by atoms with van der Waals surface area (Å²) < 4.78 is 10.3. The van der Waals surface area contributed by atoms with Gasteiger partial charge in [0.15, 0.2) is 17.3 Å². The van der Waals surface area contributed by atoms with E-state index in [-0.39, 0.29) is 23.4 Å². The molecule has 0 aliphatic carbocycles. The van der Waals surface area contributed by atoms with Crippen LogP contribution in [-0.2, 0) is 4.79 Å². The van der Waals surface area contributed by atoms with Crippen LogP contribution in [0.15, 0.2) is 30.0 Å². The SMILES string of the molecule is COc1ccc(C(=O)C=C2NCC(C)NC2=O)cc1OC. The third kappa shape index (κ3) is 3.34. The van der Waals surface area contributed by atoms with Crippen molar-refractivity contribution in [3.05, 3.63) is 35.5 Å². The van der Waals surface area contributed by atoms with Gasteiger partial charge in [-0.2, -0.15) is 0 Å². The molecule has 1 atom stereocenters. The number of carbonyl (C=O) groups excluding carboxylic acids is 2. The highest BCUT2D eigenvalue weighted by Gasteiger charge is 2.20. The zero-order chi connectivity index (χ0) is 15.4. The van der Waals surface area contributed by atoms with Crippen molar-refractivity contribution in [3.63, 3.8) is 0 Å². The molecule has 1 aliphatic heterocycles. The number of benzene rings is 1. The first-order chi connectivity index (χ1) is 10.0. The molecule has 0 saturated carbocycles. The lowest BCUT2D eigenvalue weighted by Crippen LogP contribution is -2.49. The Bertz CT molecular complexity index is 595. The van der Waals surface area contributed by atoms with Gasteiger partial charge in [0.05, 0.1) is 14.2 Å². The second-order valence-corrected chi connectivity index (χ2v) is 4.75. The van der Waals surface area contributed by atoms with Gasteiger partial charge in [-0.05, 0) is 25.1 Å². The molecule has 21 heavy (non-hydrogen) atoms. The number of hydrogen-bond acceptors (Lipinski definition) is 5. The highest BCUT2D eigenvalue weighted by Crippen LogP contribution is 2.27. The normalized spacial score (nSPS) is 19.7. The monoisotopic (exact) mass is 290 g/mol. The third-order valence-corrected chi connectivity index (χ3v) is 3.16. The molecule has 1 aromatic rings. The summed E-state index contributed by atoms with van der Waals surface area (Å²) in [4.78, 5) is 24.0. The number of ketones is 1. The fraction of sp³-hybridized carbons (Fsp3) is 0.333. The van der Waals surface area contributed by atoms with Crippen LogP contribution in [-0.4, -0.2) is 38.5 Å². The second-order valence-electron chi connectivity index (χ2n) is 4.75. The maximum atomic E-state index is 12.2. The summed E-state index contributed by atoms with van der Waals surface area (Å²) in [6.07, 6.45) is 1.29. The number of allylic oxidation sites excluding steroid dienone is 1. The zero-order valence-electron chi connectivity index (χ0n) is 12.2. The molecule has 1 aliphatic rings. The van der Waals surface area contributed by atoms with Crippen molar-refractivity contribution in [1.82, 2.24) is 10.6 Å². The highest BCUT2D eigenvalue weighted by atomic mass is 16.5. The Morgan fingerprint density at radius 3 is 2.62 bits per heavy atom. The van der Waals surface area contributed by atoms with Gasteiger partial charge in [0.1, 0.15) is 5.70 Å². The first kappa shape index (κ1) is 14.9. The van der Waals surface area contributed by atoms with Crippen LogP contribution < -0.4 is 20.1 Å². The Kier molecular flexibility index (Phi) is 4.47. The van der Waals surface area contributed by atoms with E-state index >= 15 is 0 Å². The van der Waals surface area contributed by atoms with Crippen LogP contribution >= 0.6 is 0 Å². The van der Waals surface area contributed by atoms with Crippen molar-refractivity contribution in [3.8, 4) is 11.5 Å². The molecule has 1 aromatic carbocycles. The standard InChI is InChI=1S/C15H18N2O4/c1-9-8-16-11(15(19)17-9)7-12(18)10-4-5-13(20-2)14(6-10)21-3/h4-7,9,16H,8H2,1-3H3,(H,17,19). The number of piperazine rings is 1. The van der Waals surface area contributed by atoms with Crippen molar-refractivity contribution in [2.45, 2.75) is 13.0 Å². The highest BCUT2D eigenvalue weighted by molar-refractivity contribution is 6.09. The van der Waals surface area contributed by atoms with E-state index in [1.165, 1.54) is 20.3 Å². The largest absolute Gasteiger partial charge is 0.493 e. The average molecular weight is 290 g/mol. The first-order valence-corrected chi connectivity index (χ1v) is 6.58. The molecule has 6 nitrogen and oxygen atoms in total. The number of methoxy groups -OCH3 is 2. The second kappa shape index (κ2) is 6.30. The lowest BCUT2D eigenvalue weighted by Gasteiger charge is -2.23. The molecule has 1 fully saturated rings. The summed E-state index contributed by atoms with van der Waals surface area (Å²) in [5.74, 6) is 0.464. The predicted octanol–water partition coefficient (Wildman–Crippen LogP) is 0.878. The Labute approximate surface area is 123 Å². The van der Waals surface area contributed by atoms with Gasteiger partial charge in [-0.15, -0.1) is 0 Å². The van der Waals surface area contributed by atoms with Crippen LogP contribution in [0.1, 0.15) is 17.3 Å². The minimum absolute atomic E-state index is 0.0471. The molecule has 2 N–H and O–H groups in total. The van der Waals surface area contributed by atoms with Gasteiger partial charge in [-0.1, -0.05) is 0 Å². The van der Waals surface area contributed by atoms with Gasteiger partial charge in [0, 0.05) is 24.2 Å². The average Bonchev–Trinajstić information content (AvgIpc) is 2.49. The number of amides is 1. The van der Waals surface area contributed by atoms with Crippen molar-refractivity contribution in [2.24, 2.45) is 0 Å². The van der Waals surface area contributed by atoms with E-state index in [9.17, 15) is 9.59 Å². The molecule has 112 valence electrons. The minimum Gasteiger partial charge on any atom is -0.493 e. The minimum atomic E-state index is -0.275. The quantitative estimate of drug-likeness (QED) is 0.636. The maximum absolute atomic E-state index is 12.2. The molecular weight excluding hydrogens is 272 g/mol. The van der Waals surface area contributed by atoms with Gasteiger partial charge < -0.3 is 20.1 Å². The van der Waals surface area contributed by atoms with Gasteiger partial charge in [-0.3, -0.25) is 9.59 Å². The Morgan fingerprint density at radius 2 is 2.00 bits per heavy atom. The Morgan fingerprint density at radius 1 is 1.29 bits per heavy atom. The van der Waals surface area contributed by atoms with E-state index in [1.807, 2.05) is 6.92 Å². The van der Waals surface area contributed by atoms with E-state index < -0.39 is 0 Å². The van der Waals surface area contributed by atoms with Gasteiger partial charge in [0.25, 0.3) is 5.91 Å². The lowest BCUT2D eigenvalue weighted by atomic mass is 10.1. The third-order valence-electron chi connectivity index (χ3n) is 3.16. The molecule has 0 aromatic heterocycles. The number of rotatable bonds is 4. The number of ether oxygens (including phenoxy) is 2. The summed E-state index contributed by atoms with van der Waals surface area (Å²) in [7, 11) is 3.03. The first-order valence-electron chi connectivity index (χ1n) is 6.58. The van der Waals surface area contributed by atoms with Crippen molar-refractivity contribution < 1.29 is 19.1 Å². The number of carbonyl (C=O) groups is 2. The van der Waals surface area contributed by atoms with Crippen LogP contribution in [0, 0.1) is 0 Å². The molecule has 1 amide bonds. The molecule has 6 heteroatoms. The predicted molar refractivity (Wildman–Crippen MR) is 77.6 cm³/mol. The lowest BCUT2D eigenvalue weighted by molar-refractivity contribution is -0.119. The van der Waals surface area contributed by atoms with Crippen LogP contribution in [0.4, 0.5) is 0 Å². The van der Waals surface area contributed by atoms with Crippen LogP contribution in [0.3, 0.4) is 0 Å². The number of nitrogens with one attached hydrogen (secondary N) is 2. The van der Waals surface area contributed by atoms with Crippen molar-refractivity contribution in [2.75, 3.05) is 20.8 Å². The number of hydrogen-bond donors (Lipinski definition) is 2. The van der Waals surface area contributed by atoms with Crippen LogP contribution in [0.2, 0.25) is 0 Å². The summed E-state index contributed by atoms with van der Waals surface area (Å²) in [5, 5.41) is 5.70. The molecule has 0 bridgehead atoms. The van der Waals surface area contributed by atoms with E-state index in [2.05, 4.69) is 10.6 Å². The van der Waals surface area contributed by atoms with Gasteiger partial charge in [-0.25, -0.2) is 0 Å². The van der Waals surface area contributed by atoms with Crippen LogP contribution in [0.5, 0.6) is 11.5 Å². The molecule has 1 heterocycles. The van der Waals surface area contributed by atoms with E-state index in [0.29, 0.717) is 23.6 Å². The van der Waals surface area contributed by atoms with E-state index in [0.717, 1.165) is 0 Å². The summed E-state index contributed by atoms with van der Waals surface area (Å²) in [5.41, 5.74) is 0.696. The Hall–Kier alpha value is -2.50. The summed E-state index contributed by atoms with van der Waals surface area (Å²) in [6, 6.07) is 4.91. The molecule has 1 saturated heterocycles.